The van der Waals surface area contributed by atoms with E-state index in [9.17, 15) is 13.6 Å². The number of hydrogen-bond acceptors (Lipinski definition) is 3. The highest BCUT2D eigenvalue weighted by Gasteiger charge is 2.22. The molecule has 0 N–H and O–H groups in total. The summed E-state index contributed by atoms with van der Waals surface area (Å²) in [5.74, 6) is -0.461. The molecule has 0 aliphatic heterocycles. The average Bonchev–Trinajstić information content (AvgIpc) is 2.83. The van der Waals surface area contributed by atoms with Gasteiger partial charge in [-0.15, -0.1) is 0 Å². The fraction of sp³-hybridized carbons (Fsp3) is 0.0741. The van der Waals surface area contributed by atoms with Gasteiger partial charge in [-0.3, -0.25) is 4.79 Å². The Balaban J connectivity index is 1.89. The van der Waals surface area contributed by atoms with Gasteiger partial charge in [0.1, 0.15) is 23.1 Å². The van der Waals surface area contributed by atoms with Gasteiger partial charge >= 0.3 is 0 Å². The van der Waals surface area contributed by atoms with Crippen molar-refractivity contribution in [1.29, 1.82) is 0 Å². The van der Waals surface area contributed by atoms with Crippen molar-refractivity contribution in [3.8, 4) is 33.8 Å². The van der Waals surface area contributed by atoms with Gasteiger partial charge in [0.05, 0.1) is 24.3 Å². The van der Waals surface area contributed by atoms with Gasteiger partial charge in [-0.05, 0) is 83.9 Å². The summed E-state index contributed by atoms with van der Waals surface area (Å²) in [4.78, 5) is 13.7. The Hall–Kier alpha value is -3.41. The fourth-order valence-electron chi connectivity index (χ4n) is 3.70. The van der Waals surface area contributed by atoms with Crippen molar-refractivity contribution in [3.05, 3.63) is 106 Å². The highest BCUT2D eigenvalue weighted by atomic mass is 35.5. The molecular weight excluding hydrogens is 481 g/mol. The third-order valence-electron chi connectivity index (χ3n) is 5.39. The molecule has 0 bridgehead atoms. The first-order valence-corrected chi connectivity index (χ1v) is 10.9. The Kier molecular flexibility index (Phi) is 6.87. The van der Waals surface area contributed by atoms with Gasteiger partial charge < -0.3 is 9.47 Å². The van der Waals surface area contributed by atoms with Gasteiger partial charge in [0.15, 0.2) is 5.78 Å². The number of ether oxygens (including phenoxy) is 2. The van der Waals surface area contributed by atoms with Crippen molar-refractivity contribution >= 4 is 29.0 Å². The SMILES string of the molecule is COc1ccc(-c2cc(F)ccc2C(=O)c2ccc(F)cc2-c2ccc(OC)cc2Cl)c(Cl)c1. The van der Waals surface area contributed by atoms with Crippen LogP contribution in [0.4, 0.5) is 8.78 Å². The topological polar surface area (TPSA) is 35.5 Å². The Morgan fingerprint density at radius 2 is 1.03 bits per heavy atom. The van der Waals surface area contributed by atoms with Crippen LogP contribution in [0.15, 0.2) is 72.8 Å². The zero-order valence-electron chi connectivity index (χ0n) is 18.2. The van der Waals surface area contributed by atoms with Crippen molar-refractivity contribution in [3.63, 3.8) is 0 Å². The first-order chi connectivity index (χ1) is 16.3. The third kappa shape index (κ3) is 4.63. The molecule has 0 atom stereocenters. The molecule has 0 fully saturated rings. The number of carbonyl (C=O) groups is 1. The van der Waals surface area contributed by atoms with Gasteiger partial charge in [-0.1, -0.05) is 23.2 Å². The van der Waals surface area contributed by atoms with Crippen LogP contribution in [-0.4, -0.2) is 20.0 Å². The molecule has 4 aromatic carbocycles. The van der Waals surface area contributed by atoms with Crippen molar-refractivity contribution in [2.24, 2.45) is 0 Å². The molecule has 34 heavy (non-hydrogen) atoms. The summed E-state index contributed by atoms with van der Waals surface area (Å²) in [5.41, 5.74) is 1.91. The maximum absolute atomic E-state index is 14.2. The molecular formula is C27H18Cl2F2O3. The van der Waals surface area contributed by atoms with E-state index in [1.807, 2.05) is 0 Å². The molecule has 0 unspecified atom stereocenters. The van der Waals surface area contributed by atoms with Crippen LogP contribution in [0, 0.1) is 11.6 Å². The number of ketones is 1. The van der Waals surface area contributed by atoms with Gasteiger partial charge in [0.2, 0.25) is 0 Å². The van der Waals surface area contributed by atoms with Crippen LogP contribution >= 0.6 is 23.2 Å². The smallest absolute Gasteiger partial charge is 0.194 e. The van der Waals surface area contributed by atoms with Crippen LogP contribution in [0.2, 0.25) is 10.0 Å². The summed E-state index contributed by atoms with van der Waals surface area (Å²) in [7, 11) is 3.01. The molecule has 3 nitrogen and oxygen atoms in total. The van der Waals surface area contributed by atoms with E-state index in [0.717, 1.165) is 0 Å². The second-order valence-corrected chi connectivity index (χ2v) is 8.21. The van der Waals surface area contributed by atoms with E-state index in [-0.39, 0.29) is 21.2 Å². The maximum atomic E-state index is 14.2. The summed E-state index contributed by atoms with van der Waals surface area (Å²) in [6, 6.07) is 17.4. The van der Waals surface area contributed by atoms with Crippen LogP contribution in [0.5, 0.6) is 11.5 Å². The van der Waals surface area contributed by atoms with E-state index in [1.54, 1.807) is 36.4 Å². The van der Waals surface area contributed by atoms with E-state index in [2.05, 4.69) is 0 Å². The summed E-state index contributed by atoms with van der Waals surface area (Å²) in [6.07, 6.45) is 0. The quantitative estimate of drug-likeness (QED) is 0.254. The van der Waals surface area contributed by atoms with Crippen molar-refractivity contribution in [2.75, 3.05) is 14.2 Å². The van der Waals surface area contributed by atoms with Crippen molar-refractivity contribution in [2.45, 2.75) is 0 Å². The van der Waals surface area contributed by atoms with E-state index in [0.29, 0.717) is 33.8 Å². The highest BCUT2D eigenvalue weighted by Crippen LogP contribution is 2.38. The summed E-state index contributed by atoms with van der Waals surface area (Å²) in [5, 5.41) is 0.577. The molecule has 0 saturated heterocycles. The highest BCUT2D eigenvalue weighted by molar-refractivity contribution is 6.34. The minimum Gasteiger partial charge on any atom is -0.497 e. The number of carbonyl (C=O) groups excluding carboxylic acids is 1. The van der Waals surface area contributed by atoms with Gasteiger partial charge in [-0.25, -0.2) is 8.78 Å². The zero-order valence-corrected chi connectivity index (χ0v) is 19.7. The van der Waals surface area contributed by atoms with Gasteiger partial charge in [0, 0.05) is 22.3 Å². The number of methoxy groups -OCH3 is 2. The molecule has 172 valence electrons. The third-order valence-corrected chi connectivity index (χ3v) is 6.01. The Bertz CT molecular complexity index is 1300. The van der Waals surface area contributed by atoms with E-state index in [4.69, 9.17) is 32.7 Å². The number of benzene rings is 4. The minimum absolute atomic E-state index is 0.200. The Labute approximate surface area is 205 Å². The molecule has 7 heteroatoms. The van der Waals surface area contributed by atoms with Crippen molar-refractivity contribution < 1.29 is 23.0 Å². The Morgan fingerprint density at radius 3 is 1.38 bits per heavy atom. The molecule has 4 aromatic rings. The lowest BCUT2D eigenvalue weighted by Gasteiger charge is -2.15. The molecule has 0 aromatic heterocycles. The van der Waals surface area contributed by atoms with Crippen LogP contribution in [-0.2, 0) is 0 Å². The molecule has 0 radical (unpaired) electrons. The van der Waals surface area contributed by atoms with Crippen LogP contribution in [0.25, 0.3) is 22.3 Å². The number of halogens is 4. The fourth-order valence-corrected chi connectivity index (χ4v) is 4.25. The first kappa shape index (κ1) is 23.7. The molecule has 0 aliphatic rings. The van der Waals surface area contributed by atoms with E-state index in [1.165, 1.54) is 50.6 Å². The molecule has 4 rings (SSSR count). The lowest BCUT2D eigenvalue weighted by atomic mass is 9.89. The lowest BCUT2D eigenvalue weighted by Crippen LogP contribution is -2.07. The van der Waals surface area contributed by atoms with E-state index >= 15 is 0 Å². The van der Waals surface area contributed by atoms with Crippen LogP contribution < -0.4 is 9.47 Å². The Morgan fingerprint density at radius 1 is 0.618 bits per heavy atom. The molecule has 0 heterocycles. The molecule has 0 aliphatic carbocycles. The largest absolute Gasteiger partial charge is 0.497 e. The number of rotatable bonds is 6. The first-order valence-electron chi connectivity index (χ1n) is 10.1. The summed E-state index contributed by atoms with van der Waals surface area (Å²) in [6.45, 7) is 0. The number of hydrogen-bond donors (Lipinski definition) is 0. The lowest BCUT2D eigenvalue weighted by molar-refractivity contribution is 0.104. The summed E-state index contributed by atoms with van der Waals surface area (Å²) < 4.78 is 38.8. The average molecular weight is 499 g/mol. The maximum Gasteiger partial charge on any atom is 0.194 e. The summed E-state index contributed by atoms with van der Waals surface area (Å²) >= 11 is 12.8. The monoisotopic (exact) mass is 498 g/mol. The minimum atomic E-state index is -0.532. The van der Waals surface area contributed by atoms with E-state index < -0.39 is 17.4 Å². The second-order valence-electron chi connectivity index (χ2n) is 7.40. The van der Waals surface area contributed by atoms with Gasteiger partial charge in [0.25, 0.3) is 0 Å². The predicted octanol–water partition coefficient (Wildman–Crippen LogP) is 7.85. The van der Waals surface area contributed by atoms with Gasteiger partial charge in [-0.2, -0.15) is 0 Å². The normalized spacial score (nSPS) is 10.8. The molecule has 0 spiro atoms. The van der Waals surface area contributed by atoms with Crippen LogP contribution in [0.3, 0.4) is 0 Å². The van der Waals surface area contributed by atoms with Crippen molar-refractivity contribution in [1.82, 2.24) is 0 Å². The predicted molar refractivity (Wildman–Crippen MR) is 130 cm³/mol. The zero-order chi connectivity index (χ0) is 24.4. The van der Waals surface area contributed by atoms with Crippen LogP contribution in [0.1, 0.15) is 15.9 Å². The second kappa shape index (κ2) is 9.84. The molecule has 0 saturated carbocycles. The standard InChI is InChI=1S/C27H18Cl2F2O3/c1-33-17-5-9-19(25(28)13-17)23-11-15(30)3-7-21(23)27(32)22-8-4-16(31)12-24(22)20-10-6-18(34-2)14-26(20)29/h3-14H,1-2H3. The molecule has 0 amide bonds.